The van der Waals surface area contributed by atoms with Crippen LogP contribution in [0.5, 0.6) is 0 Å². The van der Waals surface area contributed by atoms with Crippen molar-refractivity contribution in [3.63, 3.8) is 0 Å². The number of rotatable bonds is 22. The van der Waals surface area contributed by atoms with Gasteiger partial charge < -0.3 is 9.47 Å². The van der Waals surface area contributed by atoms with E-state index in [1.165, 1.54) is 103 Å². The minimum Gasteiger partial charge on any atom is -0.462 e. The second kappa shape index (κ2) is 19.7. The monoisotopic (exact) mass is 594 g/mol. The maximum atomic E-state index is 12.7. The number of hydrogen-bond donors (Lipinski definition) is 0. The molecule has 5 nitrogen and oxygen atoms in total. The fraction of sp³-hybridized carbons (Fsp3) is 0.973. The standard InChI is InChI=1S/C37H71NO4/c1-8-9-10-11-12-13-14-15-16-17-18-19-20-21-25-28-34(39)41-33-29-35(2,3)38(36(4,5)30-33)40-31-37(6,7)42-32-26-23-22-24-27-32/h32-33H,8-31H2,1-7H3. The molecule has 1 heterocycles. The van der Waals surface area contributed by atoms with Crippen molar-refractivity contribution in [1.82, 2.24) is 5.06 Å². The van der Waals surface area contributed by atoms with E-state index < -0.39 is 0 Å². The molecule has 0 bridgehead atoms. The molecule has 248 valence electrons. The molecular weight excluding hydrogens is 522 g/mol. The molecule has 2 aliphatic rings. The molecule has 0 spiro atoms. The van der Waals surface area contributed by atoms with Crippen molar-refractivity contribution in [2.24, 2.45) is 0 Å². The summed E-state index contributed by atoms with van der Waals surface area (Å²) in [5.41, 5.74) is -0.796. The number of nitrogens with zero attached hydrogens (tertiary/aromatic N) is 1. The van der Waals surface area contributed by atoms with Gasteiger partial charge in [0, 0.05) is 30.3 Å². The molecule has 0 N–H and O–H groups in total. The number of unbranched alkanes of at least 4 members (excludes halogenated alkanes) is 14. The number of esters is 1. The van der Waals surface area contributed by atoms with E-state index in [-0.39, 0.29) is 28.8 Å². The molecule has 0 radical (unpaired) electrons. The molecule has 0 aromatic carbocycles. The summed E-state index contributed by atoms with van der Waals surface area (Å²) in [5.74, 6) is -0.0299. The van der Waals surface area contributed by atoms with E-state index in [1.54, 1.807) is 0 Å². The Kier molecular flexibility index (Phi) is 17.6. The largest absolute Gasteiger partial charge is 0.462 e. The van der Waals surface area contributed by atoms with Gasteiger partial charge in [-0.05, 0) is 60.8 Å². The van der Waals surface area contributed by atoms with Crippen LogP contribution in [0.15, 0.2) is 0 Å². The van der Waals surface area contributed by atoms with Crippen molar-refractivity contribution in [2.75, 3.05) is 6.61 Å². The van der Waals surface area contributed by atoms with E-state index in [9.17, 15) is 4.79 Å². The molecule has 0 aromatic rings. The highest BCUT2D eigenvalue weighted by Gasteiger charge is 2.48. The van der Waals surface area contributed by atoms with Crippen LogP contribution in [0.2, 0.25) is 0 Å². The van der Waals surface area contributed by atoms with Gasteiger partial charge in [-0.3, -0.25) is 9.63 Å². The maximum Gasteiger partial charge on any atom is 0.306 e. The summed E-state index contributed by atoms with van der Waals surface area (Å²) in [6, 6.07) is 0. The average Bonchev–Trinajstić information content (AvgIpc) is 2.89. The predicted octanol–water partition coefficient (Wildman–Crippen LogP) is 10.9. The Labute approximate surface area is 261 Å². The highest BCUT2D eigenvalue weighted by Crippen LogP contribution is 2.40. The molecule has 0 aromatic heterocycles. The van der Waals surface area contributed by atoms with E-state index in [4.69, 9.17) is 14.3 Å². The highest BCUT2D eigenvalue weighted by atomic mass is 16.7. The van der Waals surface area contributed by atoms with Gasteiger partial charge in [0.2, 0.25) is 0 Å². The number of carbonyl (C=O) groups excluding carboxylic acids is 1. The third kappa shape index (κ3) is 15.4. The molecule has 0 atom stereocenters. The molecular formula is C37H71NO4. The van der Waals surface area contributed by atoms with E-state index >= 15 is 0 Å². The smallest absolute Gasteiger partial charge is 0.306 e. The van der Waals surface area contributed by atoms with Crippen LogP contribution < -0.4 is 0 Å². The molecule has 1 aliphatic carbocycles. The van der Waals surface area contributed by atoms with Crippen LogP contribution in [0.25, 0.3) is 0 Å². The Morgan fingerprint density at radius 2 is 1.14 bits per heavy atom. The Morgan fingerprint density at radius 3 is 1.62 bits per heavy atom. The van der Waals surface area contributed by atoms with Crippen molar-refractivity contribution in [3.05, 3.63) is 0 Å². The molecule has 2 rings (SSSR count). The van der Waals surface area contributed by atoms with Gasteiger partial charge >= 0.3 is 5.97 Å². The first-order valence-corrected chi connectivity index (χ1v) is 18.3. The van der Waals surface area contributed by atoms with Crippen LogP contribution in [0.3, 0.4) is 0 Å². The summed E-state index contributed by atoms with van der Waals surface area (Å²) in [4.78, 5) is 19.2. The molecule has 1 aliphatic heterocycles. The van der Waals surface area contributed by atoms with Crippen LogP contribution >= 0.6 is 0 Å². The average molecular weight is 594 g/mol. The van der Waals surface area contributed by atoms with Gasteiger partial charge in [0.15, 0.2) is 0 Å². The SMILES string of the molecule is CCCCCCCCCCCCCCCCCC(=O)OC1CC(C)(C)N(OCC(C)(C)OC2CCCCC2)C(C)(C)C1. The maximum absolute atomic E-state index is 12.7. The van der Waals surface area contributed by atoms with Gasteiger partial charge in [-0.1, -0.05) is 116 Å². The zero-order valence-corrected chi connectivity index (χ0v) is 29.2. The number of ether oxygens (including phenoxy) is 2. The van der Waals surface area contributed by atoms with E-state index in [1.807, 2.05) is 0 Å². The zero-order chi connectivity index (χ0) is 30.9. The number of piperidine rings is 1. The quantitative estimate of drug-likeness (QED) is 0.0923. The molecule has 1 saturated heterocycles. The lowest BCUT2D eigenvalue weighted by molar-refractivity contribution is -0.312. The Morgan fingerprint density at radius 1 is 0.690 bits per heavy atom. The van der Waals surface area contributed by atoms with Crippen LogP contribution in [0.1, 0.15) is 196 Å². The molecule has 0 unspecified atom stereocenters. The first kappa shape index (κ1) is 37.5. The van der Waals surface area contributed by atoms with Crippen LogP contribution in [0.4, 0.5) is 0 Å². The van der Waals surface area contributed by atoms with Crippen molar-refractivity contribution >= 4 is 5.97 Å². The summed E-state index contributed by atoms with van der Waals surface area (Å²) in [6.07, 6.45) is 28.6. The van der Waals surface area contributed by atoms with Gasteiger partial charge in [-0.25, -0.2) is 0 Å². The van der Waals surface area contributed by atoms with E-state index in [0.29, 0.717) is 19.1 Å². The lowest BCUT2D eigenvalue weighted by atomic mass is 9.80. The summed E-state index contributed by atoms with van der Waals surface area (Å²) < 4.78 is 12.5. The van der Waals surface area contributed by atoms with Crippen molar-refractivity contribution in [3.8, 4) is 0 Å². The second-order valence-electron chi connectivity index (χ2n) is 15.6. The highest BCUT2D eigenvalue weighted by molar-refractivity contribution is 5.69. The minimum absolute atomic E-state index is 0.0299. The normalized spacial score (nSPS) is 20.2. The number of carbonyl (C=O) groups is 1. The van der Waals surface area contributed by atoms with Crippen LogP contribution in [-0.2, 0) is 19.1 Å². The Bertz CT molecular complexity index is 695. The first-order valence-electron chi connectivity index (χ1n) is 18.3. The van der Waals surface area contributed by atoms with Gasteiger partial charge in [0.05, 0.1) is 18.3 Å². The topological polar surface area (TPSA) is 48.0 Å². The van der Waals surface area contributed by atoms with Gasteiger partial charge in [-0.15, -0.1) is 0 Å². The number of hydroxylamine groups is 2. The van der Waals surface area contributed by atoms with Crippen LogP contribution in [-0.4, -0.2) is 46.5 Å². The zero-order valence-electron chi connectivity index (χ0n) is 29.2. The molecule has 5 heteroatoms. The predicted molar refractivity (Wildman–Crippen MR) is 177 cm³/mol. The molecule has 42 heavy (non-hydrogen) atoms. The third-order valence-electron chi connectivity index (χ3n) is 9.42. The van der Waals surface area contributed by atoms with Crippen molar-refractivity contribution in [1.29, 1.82) is 0 Å². The first-order chi connectivity index (χ1) is 20.0. The van der Waals surface area contributed by atoms with E-state index in [0.717, 1.165) is 38.5 Å². The molecule has 1 saturated carbocycles. The summed E-state index contributed by atoms with van der Waals surface area (Å²) in [6.45, 7) is 15.9. The van der Waals surface area contributed by atoms with Crippen LogP contribution in [0, 0.1) is 0 Å². The van der Waals surface area contributed by atoms with Crippen molar-refractivity contribution in [2.45, 2.75) is 225 Å². The van der Waals surface area contributed by atoms with Gasteiger partial charge in [-0.2, -0.15) is 5.06 Å². The van der Waals surface area contributed by atoms with E-state index in [2.05, 4.69) is 53.5 Å². The lowest BCUT2D eigenvalue weighted by Crippen LogP contribution is -2.62. The lowest BCUT2D eigenvalue weighted by Gasteiger charge is -2.53. The minimum atomic E-state index is -0.329. The molecule has 0 amide bonds. The van der Waals surface area contributed by atoms with Gasteiger partial charge in [0.25, 0.3) is 0 Å². The second-order valence-corrected chi connectivity index (χ2v) is 15.6. The third-order valence-corrected chi connectivity index (χ3v) is 9.42. The Hall–Kier alpha value is -0.650. The fourth-order valence-corrected chi connectivity index (χ4v) is 7.38. The molecule has 2 fully saturated rings. The summed E-state index contributed by atoms with van der Waals surface area (Å²) >= 11 is 0. The number of hydrogen-bond acceptors (Lipinski definition) is 5. The summed E-state index contributed by atoms with van der Waals surface area (Å²) in [7, 11) is 0. The van der Waals surface area contributed by atoms with Crippen molar-refractivity contribution < 1.29 is 19.1 Å². The van der Waals surface area contributed by atoms with Gasteiger partial charge in [0.1, 0.15) is 6.10 Å². The Balaban J connectivity index is 1.57. The summed E-state index contributed by atoms with van der Waals surface area (Å²) in [5, 5.41) is 2.16. The fourth-order valence-electron chi connectivity index (χ4n) is 7.38.